The summed E-state index contributed by atoms with van der Waals surface area (Å²) in [5.74, 6) is 0.434. The number of aromatic nitrogens is 1. The summed E-state index contributed by atoms with van der Waals surface area (Å²) in [6.07, 6.45) is 3.31. The van der Waals surface area contributed by atoms with E-state index < -0.39 is 5.54 Å². The van der Waals surface area contributed by atoms with E-state index in [9.17, 15) is 9.59 Å². The minimum atomic E-state index is -0.958. The first-order valence-corrected chi connectivity index (χ1v) is 10.3. The Bertz CT molecular complexity index is 859. The van der Waals surface area contributed by atoms with Gasteiger partial charge in [-0.3, -0.25) is 9.59 Å². The molecular weight excluding hydrogens is 366 g/mol. The summed E-state index contributed by atoms with van der Waals surface area (Å²) in [6, 6.07) is 13.4. The van der Waals surface area contributed by atoms with Gasteiger partial charge in [-0.25, -0.2) is 4.98 Å². The summed E-state index contributed by atoms with van der Waals surface area (Å²) in [5, 5.41) is 5.54. The van der Waals surface area contributed by atoms with Gasteiger partial charge in [-0.1, -0.05) is 44.2 Å². The third-order valence-electron chi connectivity index (χ3n) is 5.55. The van der Waals surface area contributed by atoms with Crippen LogP contribution in [0.2, 0.25) is 0 Å². The van der Waals surface area contributed by atoms with Gasteiger partial charge in [-0.15, -0.1) is 0 Å². The lowest BCUT2D eigenvalue weighted by Gasteiger charge is -2.30. The lowest BCUT2D eigenvalue weighted by atomic mass is 9.91. The lowest BCUT2D eigenvalue weighted by Crippen LogP contribution is -2.57. The molecule has 1 aliphatic rings. The number of pyridine rings is 1. The van der Waals surface area contributed by atoms with Crippen LogP contribution in [0.1, 0.15) is 50.0 Å². The molecule has 1 aromatic heterocycles. The second kappa shape index (κ2) is 9.07. The van der Waals surface area contributed by atoms with Crippen molar-refractivity contribution in [2.45, 2.75) is 45.1 Å². The molecule has 0 unspecified atom stereocenters. The van der Waals surface area contributed by atoms with E-state index in [1.807, 2.05) is 50.2 Å². The SMILES string of the molecule is CCC(CC)(NC(=O)c1ccc(-c2ccccc2)c(OCC2CC2)n1)C(=O)NC. The standard InChI is InChI=1S/C23H29N3O3/c1-4-23(5-2,22(28)24-3)26-20(27)19-14-13-18(17-9-7-6-8-10-17)21(25-19)29-15-16-11-12-16/h6-10,13-14,16H,4-5,11-12,15H2,1-3H3,(H,24,28)(H,26,27). The van der Waals surface area contributed by atoms with Crippen LogP contribution in [0.5, 0.6) is 5.88 Å². The third-order valence-corrected chi connectivity index (χ3v) is 5.55. The minimum absolute atomic E-state index is 0.207. The van der Waals surface area contributed by atoms with Gasteiger partial charge >= 0.3 is 0 Å². The smallest absolute Gasteiger partial charge is 0.270 e. The van der Waals surface area contributed by atoms with Crippen LogP contribution in [0.15, 0.2) is 42.5 Å². The fourth-order valence-electron chi connectivity index (χ4n) is 3.32. The number of carbonyl (C=O) groups is 2. The molecule has 154 valence electrons. The summed E-state index contributed by atoms with van der Waals surface area (Å²) >= 11 is 0. The van der Waals surface area contributed by atoms with Gasteiger partial charge in [0, 0.05) is 12.6 Å². The van der Waals surface area contributed by atoms with Gasteiger partial charge in [0.15, 0.2) is 0 Å². The van der Waals surface area contributed by atoms with Crippen LogP contribution in [0.25, 0.3) is 11.1 Å². The molecule has 0 atom stereocenters. The fraction of sp³-hybridized carbons (Fsp3) is 0.435. The summed E-state index contributed by atoms with van der Waals surface area (Å²) < 4.78 is 5.99. The Labute approximate surface area is 172 Å². The van der Waals surface area contributed by atoms with Crippen molar-refractivity contribution in [3.8, 4) is 17.0 Å². The van der Waals surface area contributed by atoms with Crippen molar-refractivity contribution in [2.24, 2.45) is 5.92 Å². The first kappa shape index (κ1) is 20.8. The second-order valence-corrected chi connectivity index (χ2v) is 7.49. The van der Waals surface area contributed by atoms with Crippen molar-refractivity contribution in [1.82, 2.24) is 15.6 Å². The molecule has 1 aromatic carbocycles. The second-order valence-electron chi connectivity index (χ2n) is 7.49. The monoisotopic (exact) mass is 395 g/mol. The topological polar surface area (TPSA) is 80.3 Å². The number of nitrogens with zero attached hydrogens (tertiary/aromatic N) is 1. The molecule has 0 bridgehead atoms. The molecule has 29 heavy (non-hydrogen) atoms. The molecule has 6 heteroatoms. The van der Waals surface area contributed by atoms with Crippen LogP contribution >= 0.6 is 0 Å². The zero-order valence-electron chi connectivity index (χ0n) is 17.3. The maximum absolute atomic E-state index is 12.9. The van der Waals surface area contributed by atoms with Crippen molar-refractivity contribution in [3.63, 3.8) is 0 Å². The Morgan fingerprint density at radius 1 is 1.10 bits per heavy atom. The lowest BCUT2D eigenvalue weighted by molar-refractivity contribution is -0.127. The number of hydrogen-bond donors (Lipinski definition) is 2. The Morgan fingerprint density at radius 2 is 1.79 bits per heavy atom. The van der Waals surface area contributed by atoms with Crippen LogP contribution < -0.4 is 15.4 Å². The van der Waals surface area contributed by atoms with Crippen molar-refractivity contribution < 1.29 is 14.3 Å². The van der Waals surface area contributed by atoms with Gasteiger partial charge in [0.25, 0.3) is 5.91 Å². The van der Waals surface area contributed by atoms with Gasteiger partial charge in [0.05, 0.1) is 6.61 Å². The van der Waals surface area contributed by atoms with E-state index in [1.54, 1.807) is 13.1 Å². The minimum Gasteiger partial charge on any atom is -0.477 e. The van der Waals surface area contributed by atoms with Gasteiger partial charge < -0.3 is 15.4 Å². The van der Waals surface area contributed by atoms with Crippen LogP contribution in [-0.2, 0) is 4.79 Å². The average molecular weight is 396 g/mol. The number of carbonyl (C=O) groups excluding carboxylic acids is 2. The molecule has 0 aliphatic heterocycles. The Morgan fingerprint density at radius 3 is 2.38 bits per heavy atom. The molecule has 0 spiro atoms. The maximum Gasteiger partial charge on any atom is 0.270 e. The van der Waals surface area contributed by atoms with Crippen LogP contribution in [0.3, 0.4) is 0 Å². The quantitative estimate of drug-likeness (QED) is 0.680. The van der Waals surface area contributed by atoms with Crippen molar-refractivity contribution in [1.29, 1.82) is 0 Å². The zero-order valence-corrected chi connectivity index (χ0v) is 17.3. The highest BCUT2D eigenvalue weighted by Crippen LogP contribution is 2.33. The van der Waals surface area contributed by atoms with Gasteiger partial charge in [0.1, 0.15) is 11.2 Å². The first-order valence-electron chi connectivity index (χ1n) is 10.3. The summed E-state index contributed by atoms with van der Waals surface area (Å²) in [7, 11) is 1.57. The molecule has 0 radical (unpaired) electrons. The molecule has 6 nitrogen and oxygen atoms in total. The molecular formula is C23H29N3O3. The molecule has 3 rings (SSSR count). The van der Waals surface area contributed by atoms with Crippen LogP contribution in [0.4, 0.5) is 0 Å². The predicted octanol–water partition coefficient (Wildman–Crippen LogP) is 3.57. The largest absolute Gasteiger partial charge is 0.477 e. The Kier molecular flexibility index (Phi) is 6.52. The van der Waals surface area contributed by atoms with Crippen molar-refractivity contribution >= 4 is 11.8 Å². The third kappa shape index (κ3) is 4.75. The molecule has 2 amide bonds. The highest BCUT2D eigenvalue weighted by Gasteiger charge is 2.36. The van der Waals surface area contributed by atoms with Gasteiger partial charge in [0.2, 0.25) is 11.8 Å². The number of amides is 2. The molecule has 1 aliphatic carbocycles. The highest BCUT2D eigenvalue weighted by atomic mass is 16.5. The predicted molar refractivity (Wildman–Crippen MR) is 113 cm³/mol. The normalized spacial score (nSPS) is 13.6. The van der Waals surface area contributed by atoms with Crippen molar-refractivity contribution in [2.75, 3.05) is 13.7 Å². The average Bonchev–Trinajstić information content (AvgIpc) is 3.60. The van der Waals surface area contributed by atoms with Gasteiger partial charge in [-0.05, 0) is 49.3 Å². The van der Waals surface area contributed by atoms with E-state index in [1.165, 1.54) is 12.8 Å². The number of nitrogens with one attached hydrogen (secondary N) is 2. The zero-order chi connectivity index (χ0) is 20.9. The van der Waals surface area contributed by atoms with E-state index in [2.05, 4.69) is 15.6 Å². The Hall–Kier alpha value is -2.89. The van der Waals surface area contributed by atoms with Crippen LogP contribution in [-0.4, -0.2) is 36.0 Å². The first-order chi connectivity index (χ1) is 14.0. The van der Waals surface area contributed by atoms with E-state index in [0.29, 0.717) is 31.2 Å². The molecule has 0 saturated heterocycles. The van der Waals surface area contributed by atoms with E-state index in [4.69, 9.17) is 4.74 Å². The molecule has 2 aromatic rings. The van der Waals surface area contributed by atoms with E-state index in [-0.39, 0.29) is 17.5 Å². The number of benzene rings is 1. The number of likely N-dealkylation sites (N-methyl/N-ethyl adjacent to an activating group) is 1. The fourth-order valence-corrected chi connectivity index (χ4v) is 3.32. The summed E-state index contributed by atoms with van der Waals surface area (Å²) in [5.41, 5.74) is 1.12. The highest BCUT2D eigenvalue weighted by molar-refractivity contribution is 5.98. The molecule has 2 N–H and O–H groups in total. The summed E-state index contributed by atoms with van der Waals surface area (Å²) in [4.78, 5) is 29.8. The number of ether oxygens (including phenoxy) is 1. The maximum atomic E-state index is 12.9. The van der Waals surface area contributed by atoms with Crippen LogP contribution in [0, 0.1) is 5.92 Å². The number of hydrogen-bond acceptors (Lipinski definition) is 4. The molecule has 1 saturated carbocycles. The molecule has 1 heterocycles. The molecule has 1 fully saturated rings. The van der Waals surface area contributed by atoms with E-state index >= 15 is 0 Å². The van der Waals surface area contributed by atoms with Crippen molar-refractivity contribution in [3.05, 3.63) is 48.2 Å². The Balaban J connectivity index is 1.89. The van der Waals surface area contributed by atoms with Gasteiger partial charge in [-0.2, -0.15) is 0 Å². The van der Waals surface area contributed by atoms with E-state index in [0.717, 1.165) is 11.1 Å². The number of rotatable bonds is 9. The summed E-state index contributed by atoms with van der Waals surface area (Å²) in [6.45, 7) is 4.37.